The number of para-hydroxylation sites is 1. The van der Waals surface area contributed by atoms with Gasteiger partial charge in [-0.1, -0.05) is 12.1 Å². The highest BCUT2D eigenvalue weighted by atomic mass is 32.2. The van der Waals surface area contributed by atoms with E-state index in [4.69, 9.17) is 12.2 Å². The lowest BCUT2D eigenvalue weighted by Gasteiger charge is -2.31. The molecule has 1 aliphatic rings. The van der Waals surface area contributed by atoms with E-state index >= 15 is 0 Å². The molecule has 1 aliphatic heterocycles. The van der Waals surface area contributed by atoms with Crippen molar-refractivity contribution in [2.24, 2.45) is 0 Å². The highest BCUT2D eigenvalue weighted by Crippen LogP contribution is 2.30. The van der Waals surface area contributed by atoms with E-state index in [1.807, 2.05) is 18.8 Å². The Morgan fingerprint density at radius 1 is 1.33 bits per heavy atom. The van der Waals surface area contributed by atoms with Gasteiger partial charge in [-0.3, -0.25) is 0 Å². The molecular formula is C13H19N3S2. The molecule has 1 aromatic carbocycles. The van der Waals surface area contributed by atoms with Gasteiger partial charge in [-0.25, -0.2) is 0 Å². The molecular weight excluding hydrogens is 262 g/mol. The molecule has 98 valence electrons. The van der Waals surface area contributed by atoms with Crippen LogP contribution in [0.3, 0.4) is 0 Å². The highest BCUT2D eigenvalue weighted by molar-refractivity contribution is 7.99. The van der Waals surface area contributed by atoms with Crippen LogP contribution in [0.2, 0.25) is 0 Å². The Morgan fingerprint density at radius 3 is 2.72 bits per heavy atom. The first-order valence-corrected chi connectivity index (χ1v) is 7.69. The normalized spacial score (nSPS) is 15.3. The third-order valence-electron chi connectivity index (χ3n) is 3.07. The van der Waals surface area contributed by atoms with Gasteiger partial charge in [0.2, 0.25) is 0 Å². The Bertz CT molecular complexity index is 428. The lowest BCUT2D eigenvalue weighted by Crippen LogP contribution is -2.34. The van der Waals surface area contributed by atoms with Gasteiger partial charge < -0.3 is 15.5 Å². The molecule has 3 nitrogen and oxygen atoms in total. The first-order chi connectivity index (χ1) is 8.72. The average molecular weight is 281 g/mol. The molecule has 0 radical (unpaired) electrons. The van der Waals surface area contributed by atoms with Gasteiger partial charge in [0, 0.05) is 31.6 Å². The SMILES string of the molecule is CNC(=S)Nc1c(C)cccc1N1CCSCC1. The number of aryl methyl sites for hydroxylation is 1. The lowest BCUT2D eigenvalue weighted by molar-refractivity contribution is 0.859. The van der Waals surface area contributed by atoms with Crippen LogP contribution in [0, 0.1) is 6.92 Å². The molecule has 5 heteroatoms. The van der Waals surface area contributed by atoms with Crippen LogP contribution in [0.5, 0.6) is 0 Å². The molecule has 0 aromatic heterocycles. The number of hydrogen-bond acceptors (Lipinski definition) is 3. The number of rotatable bonds is 2. The fourth-order valence-corrected chi connectivity index (χ4v) is 3.06. The minimum atomic E-state index is 0.664. The van der Waals surface area contributed by atoms with E-state index < -0.39 is 0 Å². The van der Waals surface area contributed by atoms with Gasteiger partial charge >= 0.3 is 0 Å². The smallest absolute Gasteiger partial charge is 0.170 e. The Kier molecular flexibility index (Phi) is 4.72. The van der Waals surface area contributed by atoms with Crippen molar-refractivity contribution in [3.8, 4) is 0 Å². The first kappa shape index (κ1) is 13.5. The van der Waals surface area contributed by atoms with E-state index in [0.29, 0.717) is 5.11 Å². The maximum atomic E-state index is 5.21. The van der Waals surface area contributed by atoms with Gasteiger partial charge in [-0.05, 0) is 30.8 Å². The van der Waals surface area contributed by atoms with Crippen molar-refractivity contribution in [2.45, 2.75) is 6.92 Å². The molecule has 0 saturated carbocycles. The number of benzene rings is 1. The van der Waals surface area contributed by atoms with Gasteiger partial charge in [0.1, 0.15) is 0 Å². The Hall–Kier alpha value is -0.940. The topological polar surface area (TPSA) is 27.3 Å². The maximum Gasteiger partial charge on any atom is 0.170 e. The second kappa shape index (κ2) is 6.29. The standard InChI is InChI=1S/C13H19N3S2/c1-10-4-3-5-11(12(10)15-13(17)14-2)16-6-8-18-9-7-16/h3-5H,6-9H2,1-2H3,(H2,14,15,17). The minimum Gasteiger partial charge on any atom is -0.368 e. The summed E-state index contributed by atoms with van der Waals surface area (Å²) in [5.74, 6) is 2.40. The second-order valence-electron chi connectivity index (χ2n) is 4.27. The van der Waals surface area contributed by atoms with Gasteiger partial charge in [0.05, 0.1) is 11.4 Å². The van der Waals surface area contributed by atoms with Crippen LogP contribution in [-0.4, -0.2) is 36.8 Å². The quantitative estimate of drug-likeness (QED) is 0.812. The molecule has 1 aromatic rings. The minimum absolute atomic E-state index is 0.664. The molecule has 1 saturated heterocycles. The molecule has 18 heavy (non-hydrogen) atoms. The molecule has 0 atom stereocenters. The van der Waals surface area contributed by atoms with Crippen molar-refractivity contribution in [1.29, 1.82) is 0 Å². The highest BCUT2D eigenvalue weighted by Gasteiger charge is 2.16. The van der Waals surface area contributed by atoms with Crippen molar-refractivity contribution < 1.29 is 0 Å². The van der Waals surface area contributed by atoms with Crippen molar-refractivity contribution in [3.05, 3.63) is 23.8 Å². The van der Waals surface area contributed by atoms with Gasteiger partial charge in [-0.2, -0.15) is 11.8 Å². The number of thioether (sulfide) groups is 1. The predicted molar refractivity (Wildman–Crippen MR) is 86.0 cm³/mol. The fraction of sp³-hybridized carbons (Fsp3) is 0.462. The molecule has 0 amide bonds. The number of anilines is 2. The summed E-state index contributed by atoms with van der Waals surface area (Å²) in [7, 11) is 1.84. The summed E-state index contributed by atoms with van der Waals surface area (Å²) in [4.78, 5) is 2.43. The molecule has 1 heterocycles. The third kappa shape index (κ3) is 3.09. The summed E-state index contributed by atoms with van der Waals surface area (Å²) in [6.45, 7) is 4.33. The third-order valence-corrected chi connectivity index (χ3v) is 4.32. The van der Waals surface area contributed by atoms with Crippen molar-refractivity contribution in [3.63, 3.8) is 0 Å². The van der Waals surface area contributed by atoms with Crippen molar-refractivity contribution >= 4 is 40.5 Å². The van der Waals surface area contributed by atoms with E-state index in [1.54, 1.807) is 0 Å². The molecule has 0 spiro atoms. The Morgan fingerprint density at radius 2 is 2.06 bits per heavy atom. The molecule has 0 unspecified atom stereocenters. The van der Waals surface area contributed by atoms with E-state index in [9.17, 15) is 0 Å². The monoisotopic (exact) mass is 281 g/mol. The summed E-state index contributed by atoms with van der Waals surface area (Å²) < 4.78 is 0. The number of nitrogens with zero attached hydrogens (tertiary/aromatic N) is 1. The number of nitrogens with one attached hydrogen (secondary N) is 2. The van der Waals surface area contributed by atoms with Crippen molar-refractivity contribution in [1.82, 2.24) is 5.32 Å². The fourth-order valence-electron chi connectivity index (χ4n) is 2.06. The van der Waals surface area contributed by atoms with Crippen LogP contribution in [0.4, 0.5) is 11.4 Å². The van der Waals surface area contributed by atoms with E-state index in [2.05, 4.69) is 40.7 Å². The van der Waals surface area contributed by atoms with Crippen LogP contribution in [0.25, 0.3) is 0 Å². The van der Waals surface area contributed by atoms with Crippen LogP contribution in [0.1, 0.15) is 5.56 Å². The van der Waals surface area contributed by atoms with E-state index in [1.165, 1.54) is 22.8 Å². The molecule has 1 fully saturated rings. The number of thiocarbonyl (C=S) groups is 1. The van der Waals surface area contributed by atoms with Gasteiger partial charge in [-0.15, -0.1) is 0 Å². The summed E-state index contributed by atoms with van der Waals surface area (Å²) in [5, 5.41) is 6.93. The lowest BCUT2D eigenvalue weighted by atomic mass is 10.1. The van der Waals surface area contributed by atoms with Crippen LogP contribution in [-0.2, 0) is 0 Å². The van der Waals surface area contributed by atoms with Crippen LogP contribution < -0.4 is 15.5 Å². The Labute approximate surface area is 118 Å². The molecule has 2 rings (SSSR count). The average Bonchev–Trinajstić information content (AvgIpc) is 2.42. The van der Waals surface area contributed by atoms with Crippen molar-refractivity contribution in [2.75, 3.05) is 41.9 Å². The number of hydrogen-bond donors (Lipinski definition) is 2. The van der Waals surface area contributed by atoms with E-state index in [-0.39, 0.29) is 0 Å². The first-order valence-electron chi connectivity index (χ1n) is 6.13. The van der Waals surface area contributed by atoms with Gasteiger partial charge in [0.15, 0.2) is 5.11 Å². The summed E-state index contributed by atoms with van der Waals surface area (Å²) in [5.41, 5.74) is 3.61. The molecule has 2 N–H and O–H groups in total. The Balaban J connectivity index is 2.27. The zero-order chi connectivity index (χ0) is 13.0. The zero-order valence-corrected chi connectivity index (χ0v) is 12.5. The van der Waals surface area contributed by atoms with Crippen LogP contribution in [0.15, 0.2) is 18.2 Å². The summed E-state index contributed by atoms with van der Waals surface area (Å²) in [6.07, 6.45) is 0. The summed E-state index contributed by atoms with van der Waals surface area (Å²) >= 11 is 7.23. The predicted octanol–water partition coefficient (Wildman–Crippen LogP) is 2.46. The summed E-state index contributed by atoms with van der Waals surface area (Å²) in [6, 6.07) is 6.40. The molecule has 0 bridgehead atoms. The van der Waals surface area contributed by atoms with Crippen LogP contribution >= 0.6 is 24.0 Å². The zero-order valence-electron chi connectivity index (χ0n) is 10.8. The maximum absolute atomic E-state index is 5.21. The second-order valence-corrected chi connectivity index (χ2v) is 5.91. The largest absolute Gasteiger partial charge is 0.368 e. The molecule has 0 aliphatic carbocycles. The van der Waals surface area contributed by atoms with Gasteiger partial charge in [0.25, 0.3) is 0 Å². The van der Waals surface area contributed by atoms with E-state index in [0.717, 1.165) is 18.8 Å².